The average molecular weight is 234 g/mol. The van der Waals surface area contributed by atoms with Gasteiger partial charge in [-0.15, -0.1) is 0 Å². The Morgan fingerprint density at radius 1 is 1.18 bits per heavy atom. The quantitative estimate of drug-likeness (QED) is 0.795. The molecule has 0 spiro atoms. The van der Waals surface area contributed by atoms with E-state index in [1.807, 2.05) is 6.07 Å². The Morgan fingerprint density at radius 3 is 2.41 bits per heavy atom. The third kappa shape index (κ3) is 3.55. The van der Waals surface area contributed by atoms with Crippen molar-refractivity contribution in [2.75, 3.05) is 13.2 Å². The van der Waals surface area contributed by atoms with Crippen LogP contribution in [-0.2, 0) is 15.9 Å². The van der Waals surface area contributed by atoms with Gasteiger partial charge >= 0.3 is 0 Å². The molecular formula is C15H22O2. The fraction of sp³-hybridized carbons (Fsp3) is 0.600. The Labute approximate surface area is 104 Å². The van der Waals surface area contributed by atoms with Crippen LogP contribution in [-0.4, -0.2) is 19.5 Å². The predicted molar refractivity (Wildman–Crippen MR) is 68.9 cm³/mol. The molecule has 0 N–H and O–H groups in total. The standard InChI is InChI=1S/C15H22O2/c1-3-9-15(2)11-16-14(17-12-15)10-13-7-5-4-6-8-13/h4-8,14H,3,9-12H2,1-2H3. The first-order valence-electron chi connectivity index (χ1n) is 6.49. The van der Waals surface area contributed by atoms with Gasteiger partial charge in [0.1, 0.15) is 0 Å². The molecule has 1 aromatic carbocycles. The van der Waals surface area contributed by atoms with Gasteiger partial charge in [-0.3, -0.25) is 0 Å². The van der Waals surface area contributed by atoms with Crippen molar-refractivity contribution in [2.24, 2.45) is 5.41 Å². The summed E-state index contributed by atoms with van der Waals surface area (Å²) in [5.41, 5.74) is 1.48. The molecule has 1 aromatic rings. The summed E-state index contributed by atoms with van der Waals surface area (Å²) >= 11 is 0. The van der Waals surface area contributed by atoms with Crippen LogP contribution in [0, 0.1) is 5.41 Å². The van der Waals surface area contributed by atoms with E-state index in [4.69, 9.17) is 9.47 Å². The highest BCUT2D eigenvalue weighted by atomic mass is 16.7. The van der Waals surface area contributed by atoms with Gasteiger partial charge in [0.15, 0.2) is 6.29 Å². The van der Waals surface area contributed by atoms with Crippen molar-refractivity contribution in [3.63, 3.8) is 0 Å². The molecule has 1 aliphatic heterocycles. The molecule has 2 heteroatoms. The first-order chi connectivity index (χ1) is 8.22. The van der Waals surface area contributed by atoms with Crippen molar-refractivity contribution >= 4 is 0 Å². The lowest BCUT2D eigenvalue weighted by Gasteiger charge is -2.37. The number of hydrogen-bond donors (Lipinski definition) is 0. The molecule has 94 valence electrons. The van der Waals surface area contributed by atoms with Gasteiger partial charge < -0.3 is 9.47 Å². The minimum atomic E-state index is -0.0673. The van der Waals surface area contributed by atoms with E-state index in [0.717, 1.165) is 19.6 Å². The molecule has 0 atom stereocenters. The lowest BCUT2D eigenvalue weighted by Crippen LogP contribution is -2.40. The predicted octanol–water partition coefficient (Wildman–Crippen LogP) is 3.41. The van der Waals surface area contributed by atoms with Crippen LogP contribution in [0.15, 0.2) is 30.3 Å². The second-order valence-electron chi connectivity index (χ2n) is 5.30. The van der Waals surface area contributed by atoms with Gasteiger partial charge in [-0.05, 0) is 12.0 Å². The van der Waals surface area contributed by atoms with E-state index in [1.54, 1.807) is 0 Å². The van der Waals surface area contributed by atoms with Gasteiger partial charge in [0.25, 0.3) is 0 Å². The Morgan fingerprint density at radius 2 is 1.82 bits per heavy atom. The largest absolute Gasteiger partial charge is 0.352 e. The van der Waals surface area contributed by atoms with Crippen molar-refractivity contribution in [2.45, 2.75) is 39.4 Å². The van der Waals surface area contributed by atoms with Crippen LogP contribution in [0.2, 0.25) is 0 Å². The zero-order chi connectivity index (χ0) is 12.1. The van der Waals surface area contributed by atoms with Gasteiger partial charge in [-0.25, -0.2) is 0 Å². The van der Waals surface area contributed by atoms with Gasteiger partial charge in [-0.1, -0.05) is 50.6 Å². The van der Waals surface area contributed by atoms with E-state index in [0.29, 0.717) is 0 Å². The van der Waals surface area contributed by atoms with Gasteiger partial charge in [-0.2, -0.15) is 0 Å². The first kappa shape index (κ1) is 12.6. The summed E-state index contributed by atoms with van der Waals surface area (Å²) in [7, 11) is 0. The molecule has 1 saturated heterocycles. The smallest absolute Gasteiger partial charge is 0.161 e. The molecule has 0 aromatic heterocycles. The molecule has 2 rings (SSSR count). The van der Waals surface area contributed by atoms with Gasteiger partial charge in [0.05, 0.1) is 13.2 Å². The normalized spacial score (nSPS) is 29.2. The topological polar surface area (TPSA) is 18.5 Å². The Bertz CT molecular complexity index is 326. The summed E-state index contributed by atoms with van der Waals surface area (Å²) in [6.07, 6.45) is 3.14. The zero-order valence-electron chi connectivity index (χ0n) is 10.8. The van der Waals surface area contributed by atoms with Crippen molar-refractivity contribution in [3.05, 3.63) is 35.9 Å². The van der Waals surface area contributed by atoms with E-state index in [9.17, 15) is 0 Å². The second kappa shape index (κ2) is 5.65. The van der Waals surface area contributed by atoms with E-state index in [-0.39, 0.29) is 11.7 Å². The van der Waals surface area contributed by atoms with Crippen molar-refractivity contribution in [1.82, 2.24) is 0 Å². The summed E-state index contributed by atoms with van der Waals surface area (Å²) < 4.78 is 11.7. The maximum Gasteiger partial charge on any atom is 0.161 e. The van der Waals surface area contributed by atoms with Crippen LogP contribution in [0.4, 0.5) is 0 Å². The van der Waals surface area contributed by atoms with Crippen LogP contribution in [0.5, 0.6) is 0 Å². The molecule has 1 fully saturated rings. The van der Waals surface area contributed by atoms with Crippen LogP contribution < -0.4 is 0 Å². The second-order valence-corrected chi connectivity index (χ2v) is 5.30. The average Bonchev–Trinajstić information content (AvgIpc) is 2.34. The Kier molecular flexibility index (Phi) is 4.19. The molecule has 0 saturated carbocycles. The van der Waals surface area contributed by atoms with Crippen LogP contribution in [0.3, 0.4) is 0 Å². The fourth-order valence-corrected chi connectivity index (χ4v) is 2.35. The third-order valence-corrected chi connectivity index (χ3v) is 3.33. The summed E-state index contributed by atoms with van der Waals surface area (Å²) in [5, 5.41) is 0. The molecule has 0 unspecified atom stereocenters. The first-order valence-corrected chi connectivity index (χ1v) is 6.49. The number of hydrogen-bond acceptors (Lipinski definition) is 2. The summed E-state index contributed by atoms with van der Waals surface area (Å²) in [6, 6.07) is 10.4. The number of benzene rings is 1. The SMILES string of the molecule is CCCC1(C)COC(Cc2ccccc2)OC1. The third-order valence-electron chi connectivity index (χ3n) is 3.33. The van der Waals surface area contributed by atoms with E-state index in [2.05, 4.69) is 38.1 Å². The molecule has 2 nitrogen and oxygen atoms in total. The van der Waals surface area contributed by atoms with E-state index < -0.39 is 0 Å². The summed E-state index contributed by atoms with van der Waals surface area (Å²) in [4.78, 5) is 0. The molecule has 0 bridgehead atoms. The molecule has 0 radical (unpaired) electrons. The molecule has 0 aliphatic carbocycles. The number of rotatable bonds is 4. The van der Waals surface area contributed by atoms with Gasteiger partial charge in [0, 0.05) is 11.8 Å². The highest BCUT2D eigenvalue weighted by molar-refractivity contribution is 5.15. The molecule has 17 heavy (non-hydrogen) atoms. The summed E-state index contributed by atoms with van der Waals surface area (Å²) in [6.45, 7) is 6.09. The van der Waals surface area contributed by atoms with Crippen LogP contribution >= 0.6 is 0 Å². The minimum Gasteiger partial charge on any atom is -0.352 e. The minimum absolute atomic E-state index is 0.0673. The van der Waals surface area contributed by atoms with E-state index in [1.165, 1.54) is 18.4 Å². The van der Waals surface area contributed by atoms with Crippen molar-refractivity contribution in [3.8, 4) is 0 Å². The van der Waals surface area contributed by atoms with E-state index >= 15 is 0 Å². The molecule has 0 amide bonds. The lowest BCUT2D eigenvalue weighted by atomic mass is 9.87. The maximum absolute atomic E-state index is 5.83. The van der Waals surface area contributed by atoms with Crippen molar-refractivity contribution in [1.29, 1.82) is 0 Å². The lowest BCUT2D eigenvalue weighted by molar-refractivity contribution is -0.225. The van der Waals surface area contributed by atoms with Crippen molar-refractivity contribution < 1.29 is 9.47 Å². The number of ether oxygens (including phenoxy) is 2. The van der Waals surface area contributed by atoms with Gasteiger partial charge in [0.2, 0.25) is 0 Å². The Hall–Kier alpha value is -0.860. The maximum atomic E-state index is 5.83. The van der Waals surface area contributed by atoms with Crippen LogP contribution in [0.1, 0.15) is 32.3 Å². The molecule has 1 aliphatic rings. The highest BCUT2D eigenvalue weighted by Crippen LogP contribution is 2.29. The molecular weight excluding hydrogens is 212 g/mol. The van der Waals surface area contributed by atoms with Crippen LogP contribution in [0.25, 0.3) is 0 Å². The monoisotopic (exact) mass is 234 g/mol. The molecule has 1 heterocycles. The highest BCUT2D eigenvalue weighted by Gasteiger charge is 2.31. The fourth-order valence-electron chi connectivity index (χ4n) is 2.35. The summed E-state index contributed by atoms with van der Waals surface area (Å²) in [5.74, 6) is 0. The Balaban J connectivity index is 1.83. The zero-order valence-corrected chi connectivity index (χ0v) is 10.8.